The van der Waals surface area contributed by atoms with Gasteiger partial charge in [-0.2, -0.15) is 0 Å². The molecule has 0 unspecified atom stereocenters. The molecule has 0 aromatic carbocycles. The number of hydrogen-bond donors (Lipinski definition) is 2. The van der Waals surface area contributed by atoms with E-state index >= 15 is 0 Å². The van der Waals surface area contributed by atoms with Crippen LogP contribution in [-0.2, 0) is 0 Å². The third-order valence-electron chi connectivity index (χ3n) is 4.96. The van der Waals surface area contributed by atoms with Crippen molar-refractivity contribution in [3.05, 3.63) is 30.1 Å². The van der Waals surface area contributed by atoms with Gasteiger partial charge in [-0.1, -0.05) is 19.3 Å². The Labute approximate surface area is 131 Å². The van der Waals surface area contributed by atoms with E-state index in [4.69, 9.17) is 0 Å². The number of rotatable bonds is 3. The van der Waals surface area contributed by atoms with Crippen molar-refractivity contribution in [3.8, 4) is 0 Å². The summed E-state index contributed by atoms with van der Waals surface area (Å²) in [6.45, 7) is 1.63. The van der Waals surface area contributed by atoms with E-state index < -0.39 is 6.10 Å². The van der Waals surface area contributed by atoms with Crippen LogP contribution in [0.4, 0.5) is 0 Å². The van der Waals surface area contributed by atoms with Crippen molar-refractivity contribution in [1.82, 2.24) is 15.2 Å². The maximum Gasteiger partial charge on any atom is 0.251 e. The lowest BCUT2D eigenvalue weighted by Gasteiger charge is -2.41. The molecule has 5 heteroatoms. The average molecular weight is 303 g/mol. The zero-order valence-electron chi connectivity index (χ0n) is 12.9. The minimum absolute atomic E-state index is 0.127. The second-order valence-electron chi connectivity index (χ2n) is 6.46. The summed E-state index contributed by atoms with van der Waals surface area (Å²) in [7, 11) is 0. The molecular weight excluding hydrogens is 278 g/mol. The van der Waals surface area contributed by atoms with E-state index in [1.165, 1.54) is 32.1 Å². The molecule has 2 N–H and O–H groups in total. The van der Waals surface area contributed by atoms with Gasteiger partial charge in [-0.05, 0) is 31.4 Å². The van der Waals surface area contributed by atoms with Gasteiger partial charge < -0.3 is 10.4 Å². The molecule has 1 amide bonds. The third kappa shape index (κ3) is 3.65. The van der Waals surface area contributed by atoms with Gasteiger partial charge in [0.1, 0.15) is 0 Å². The molecule has 0 radical (unpaired) electrons. The van der Waals surface area contributed by atoms with Crippen molar-refractivity contribution in [2.45, 2.75) is 56.7 Å². The fourth-order valence-electron chi connectivity index (χ4n) is 3.66. The van der Waals surface area contributed by atoms with Gasteiger partial charge in [-0.25, -0.2) is 0 Å². The van der Waals surface area contributed by atoms with Crippen LogP contribution in [0.3, 0.4) is 0 Å². The molecular formula is C17H25N3O2. The smallest absolute Gasteiger partial charge is 0.251 e. The van der Waals surface area contributed by atoms with E-state index in [9.17, 15) is 9.90 Å². The summed E-state index contributed by atoms with van der Waals surface area (Å²) in [5.74, 6) is -0.127. The molecule has 2 heterocycles. The van der Waals surface area contributed by atoms with Crippen molar-refractivity contribution >= 4 is 5.91 Å². The molecule has 1 saturated carbocycles. The van der Waals surface area contributed by atoms with E-state index in [1.54, 1.807) is 24.5 Å². The maximum atomic E-state index is 12.2. The van der Waals surface area contributed by atoms with E-state index in [-0.39, 0.29) is 11.9 Å². The fourth-order valence-corrected chi connectivity index (χ4v) is 3.66. The number of aromatic nitrogens is 1. The SMILES string of the molecule is O=C(N[C@@H]1CCN(C2CCCCC2)C[C@H]1O)c1ccncc1. The zero-order valence-corrected chi connectivity index (χ0v) is 12.9. The molecule has 1 saturated heterocycles. The number of amides is 1. The molecule has 120 valence electrons. The molecule has 2 atom stereocenters. The van der Waals surface area contributed by atoms with Gasteiger partial charge >= 0.3 is 0 Å². The standard InChI is InChI=1S/C17H25N3O2/c21-16-12-20(14-4-2-1-3-5-14)11-8-15(16)19-17(22)13-6-9-18-10-7-13/h6-7,9-10,14-16,21H,1-5,8,11-12H2,(H,19,22)/t15-,16-/m1/s1. The molecule has 1 aromatic rings. The third-order valence-corrected chi connectivity index (χ3v) is 4.96. The second kappa shape index (κ2) is 7.20. The van der Waals surface area contributed by atoms with E-state index in [0.717, 1.165) is 13.0 Å². The summed E-state index contributed by atoms with van der Waals surface area (Å²) in [5.41, 5.74) is 0.594. The van der Waals surface area contributed by atoms with Crippen LogP contribution in [0, 0.1) is 0 Å². The summed E-state index contributed by atoms with van der Waals surface area (Å²) in [6, 6.07) is 3.86. The summed E-state index contributed by atoms with van der Waals surface area (Å²) < 4.78 is 0. The van der Waals surface area contributed by atoms with Crippen molar-refractivity contribution in [2.24, 2.45) is 0 Å². The zero-order chi connectivity index (χ0) is 15.4. The average Bonchev–Trinajstić information content (AvgIpc) is 2.58. The summed E-state index contributed by atoms with van der Waals surface area (Å²) >= 11 is 0. The Kier molecular flexibility index (Phi) is 5.05. The first-order valence-corrected chi connectivity index (χ1v) is 8.37. The first-order valence-electron chi connectivity index (χ1n) is 8.37. The number of carbonyl (C=O) groups is 1. The highest BCUT2D eigenvalue weighted by Crippen LogP contribution is 2.25. The Bertz CT molecular complexity index is 488. The topological polar surface area (TPSA) is 65.5 Å². The normalized spacial score (nSPS) is 27.5. The molecule has 2 fully saturated rings. The van der Waals surface area contributed by atoms with Crippen LogP contribution in [0.5, 0.6) is 0 Å². The number of likely N-dealkylation sites (tertiary alicyclic amines) is 1. The highest BCUT2D eigenvalue weighted by Gasteiger charge is 2.32. The van der Waals surface area contributed by atoms with Gasteiger partial charge in [-0.3, -0.25) is 14.7 Å². The van der Waals surface area contributed by atoms with Crippen LogP contribution in [0.25, 0.3) is 0 Å². The van der Waals surface area contributed by atoms with Gasteiger partial charge in [0.05, 0.1) is 12.1 Å². The van der Waals surface area contributed by atoms with Crippen LogP contribution in [0.2, 0.25) is 0 Å². The summed E-state index contributed by atoms with van der Waals surface area (Å²) in [5, 5.41) is 13.4. The van der Waals surface area contributed by atoms with Gasteiger partial charge in [-0.15, -0.1) is 0 Å². The molecule has 22 heavy (non-hydrogen) atoms. The van der Waals surface area contributed by atoms with Crippen molar-refractivity contribution in [3.63, 3.8) is 0 Å². The molecule has 1 aliphatic carbocycles. The van der Waals surface area contributed by atoms with Gasteiger partial charge in [0.15, 0.2) is 0 Å². The molecule has 1 aliphatic heterocycles. The monoisotopic (exact) mass is 303 g/mol. The number of pyridine rings is 1. The summed E-state index contributed by atoms with van der Waals surface area (Å²) in [6.07, 6.45) is 10.0. The Hall–Kier alpha value is -1.46. The Balaban J connectivity index is 1.53. The number of hydrogen-bond acceptors (Lipinski definition) is 4. The number of aliphatic hydroxyl groups excluding tert-OH is 1. The van der Waals surface area contributed by atoms with E-state index in [1.807, 2.05) is 0 Å². The highest BCUT2D eigenvalue weighted by molar-refractivity contribution is 5.94. The molecule has 5 nitrogen and oxygen atoms in total. The number of nitrogens with zero attached hydrogens (tertiary/aromatic N) is 2. The number of nitrogens with one attached hydrogen (secondary N) is 1. The van der Waals surface area contributed by atoms with Gasteiger partial charge in [0, 0.05) is 37.1 Å². The van der Waals surface area contributed by atoms with E-state index in [0.29, 0.717) is 18.2 Å². The van der Waals surface area contributed by atoms with Crippen molar-refractivity contribution in [1.29, 1.82) is 0 Å². The predicted molar refractivity (Wildman–Crippen MR) is 84.6 cm³/mol. The highest BCUT2D eigenvalue weighted by atomic mass is 16.3. The lowest BCUT2D eigenvalue weighted by atomic mass is 9.91. The fraction of sp³-hybridized carbons (Fsp3) is 0.647. The molecule has 1 aromatic heterocycles. The number of β-amino-alcohol motifs (C(OH)–C–C–N with tert-alkyl or cyclic N) is 1. The quantitative estimate of drug-likeness (QED) is 0.890. The number of piperidine rings is 1. The van der Waals surface area contributed by atoms with Crippen molar-refractivity contribution < 1.29 is 9.90 Å². The second-order valence-corrected chi connectivity index (χ2v) is 6.46. The Morgan fingerprint density at radius 2 is 1.91 bits per heavy atom. The number of aliphatic hydroxyl groups is 1. The van der Waals surface area contributed by atoms with Crippen LogP contribution in [-0.4, -0.2) is 52.2 Å². The summed E-state index contributed by atoms with van der Waals surface area (Å²) in [4.78, 5) is 18.5. The van der Waals surface area contributed by atoms with Crippen LogP contribution >= 0.6 is 0 Å². The first kappa shape index (κ1) is 15.4. The van der Waals surface area contributed by atoms with Crippen LogP contribution in [0.1, 0.15) is 48.9 Å². The van der Waals surface area contributed by atoms with Crippen LogP contribution < -0.4 is 5.32 Å². The maximum absolute atomic E-state index is 12.2. The molecule has 2 aliphatic rings. The Morgan fingerprint density at radius 1 is 1.18 bits per heavy atom. The number of carbonyl (C=O) groups excluding carboxylic acids is 1. The minimum atomic E-state index is -0.485. The van der Waals surface area contributed by atoms with Crippen molar-refractivity contribution in [2.75, 3.05) is 13.1 Å². The first-order chi connectivity index (χ1) is 10.7. The Morgan fingerprint density at radius 3 is 2.59 bits per heavy atom. The lowest BCUT2D eigenvalue weighted by molar-refractivity contribution is 0.0127. The predicted octanol–water partition coefficient (Wildman–Crippen LogP) is 1.58. The van der Waals surface area contributed by atoms with Gasteiger partial charge in [0.2, 0.25) is 0 Å². The van der Waals surface area contributed by atoms with E-state index in [2.05, 4.69) is 15.2 Å². The molecule has 0 spiro atoms. The van der Waals surface area contributed by atoms with Crippen LogP contribution in [0.15, 0.2) is 24.5 Å². The lowest BCUT2D eigenvalue weighted by Crippen LogP contribution is -2.56. The molecule has 0 bridgehead atoms. The molecule has 3 rings (SSSR count). The van der Waals surface area contributed by atoms with Gasteiger partial charge in [0.25, 0.3) is 5.91 Å². The largest absolute Gasteiger partial charge is 0.390 e. The minimum Gasteiger partial charge on any atom is -0.390 e.